The molecule has 25 heavy (non-hydrogen) atoms. The monoisotopic (exact) mass is 349 g/mol. The van der Waals surface area contributed by atoms with E-state index < -0.39 is 11.7 Å². The van der Waals surface area contributed by atoms with Crippen LogP contribution in [0.25, 0.3) is 21.8 Å². The number of pyridine rings is 1. The van der Waals surface area contributed by atoms with E-state index in [0.29, 0.717) is 27.2 Å². The van der Waals surface area contributed by atoms with E-state index in [9.17, 15) is 9.59 Å². The average molecular weight is 350 g/mol. The number of Topliss-reactive ketones (excluding diaryl/α,β-unsaturated/α-hetero) is 1. The number of hydrogen-bond acceptors (Lipinski definition) is 3. The molecule has 0 radical (unpaired) electrons. The first-order valence-electron chi connectivity index (χ1n) is 7.59. The molecular weight excluding hydrogens is 338 g/mol. The molecule has 122 valence electrons. The SMILES string of the molecule is O=C(Nc1cnc2ccccc2c1)C(=O)c1c[nH]c2cc(Cl)ccc12. The van der Waals surface area contributed by atoms with Crippen LogP contribution in [0.15, 0.2) is 60.9 Å². The summed E-state index contributed by atoms with van der Waals surface area (Å²) < 4.78 is 0. The van der Waals surface area contributed by atoms with Crippen molar-refractivity contribution in [3.8, 4) is 0 Å². The Morgan fingerprint density at radius 3 is 2.80 bits per heavy atom. The van der Waals surface area contributed by atoms with Gasteiger partial charge in [0.15, 0.2) is 0 Å². The third kappa shape index (κ3) is 2.86. The molecule has 4 rings (SSSR count). The summed E-state index contributed by atoms with van der Waals surface area (Å²) in [5, 5.41) is 4.70. The largest absolute Gasteiger partial charge is 0.360 e. The number of aromatic nitrogens is 2. The fraction of sp³-hybridized carbons (Fsp3) is 0. The molecule has 0 atom stereocenters. The van der Waals surface area contributed by atoms with Crippen molar-refractivity contribution in [2.75, 3.05) is 5.32 Å². The lowest BCUT2D eigenvalue weighted by Gasteiger charge is -2.05. The molecule has 0 spiro atoms. The van der Waals surface area contributed by atoms with Crippen molar-refractivity contribution < 1.29 is 9.59 Å². The van der Waals surface area contributed by atoms with E-state index in [2.05, 4.69) is 15.3 Å². The molecule has 0 saturated heterocycles. The summed E-state index contributed by atoms with van der Waals surface area (Å²) in [6.45, 7) is 0. The van der Waals surface area contributed by atoms with Gasteiger partial charge in [0.1, 0.15) is 0 Å². The number of carbonyl (C=O) groups is 2. The minimum Gasteiger partial charge on any atom is -0.360 e. The Labute approximate surface area is 147 Å². The fourth-order valence-electron chi connectivity index (χ4n) is 2.74. The third-order valence-electron chi connectivity index (χ3n) is 3.94. The molecule has 1 amide bonds. The lowest BCUT2D eigenvalue weighted by Crippen LogP contribution is -2.22. The summed E-state index contributed by atoms with van der Waals surface area (Å²) >= 11 is 5.93. The van der Waals surface area contributed by atoms with Crippen molar-refractivity contribution in [1.29, 1.82) is 0 Å². The van der Waals surface area contributed by atoms with Gasteiger partial charge in [0.2, 0.25) is 0 Å². The predicted octanol–water partition coefficient (Wildman–Crippen LogP) is 4.19. The van der Waals surface area contributed by atoms with E-state index in [4.69, 9.17) is 11.6 Å². The maximum Gasteiger partial charge on any atom is 0.296 e. The predicted molar refractivity (Wildman–Crippen MR) is 98.0 cm³/mol. The van der Waals surface area contributed by atoms with Crippen molar-refractivity contribution in [1.82, 2.24) is 9.97 Å². The topological polar surface area (TPSA) is 74.8 Å². The van der Waals surface area contributed by atoms with Gasteiger partial charge in [-0.05, 0) is 24.3 Å². The smallest absolute Gasteiger partial charge is 0.296 e. The molecule has 2 aromatic heterocycles. The Kier molecular flexibility index (Phi) is 3.71. The normalized spacial score (nSPS) is 10.9. The van der Waals surface area contributed by atoms with Crippen LogP contribution < -0.4 is 5.32 Å². The first-order valence-corrected chi connectivity index (χ1v) is 7.97. The third-order valence-corrected chi connectivity index (χ3v) is 4.18. The highest BCUT2D eigenvalue weighted by molar-refractivity contribution is 6.48. The molecule has 0 fully saturated rings. The average Bonchev–Trinajstić information content (AvgIpc) is 3.03. The fourth-order valence-corrected chi connectivity index (χ4v) is 2.91. The molecule has 4 aromatic rings. The summed E-state index contributed by atoms with van der Waals surface area (Å²) in [6.07, 6.45) is 3.05. The maximum atomic E-state index is 12.5. The number of hydrogen-bond donors (Lipinski definition) is 2. The number of carbonyl (C=O) groups excluding carboxylic acids is 2. The van der Waals surface area contributed by atoms with Crippen LogP contribution >= 0.6 is 11.6 Å². The van der Waals surface area contributed by atoms with Gasteiger partial charge in [-0.3, -0.25) is 14.6 Å². The number of ketones is 1. The summed E-state index contributed by atoms with van der Waals surface area (Å²) in [4.78, 5) is 32.0. The van der Waals surface area contributed by atoms with Crippen LogP contribution in [0.2, 0.25) is 5.02 Å². The minimum absolute atomic E-state index is 0.304. The summed E-state index contributed by atoms with van der Waals surface area (Å²) in [7, 11) is 0. The number of rotatable bonds is 3. The molecule has 5 nitrogen and oxygen atoms in total. The van der Waals surface area contributed by atoms with Gasteiger partial charge >= 0.3 is 0 Å². The van der Waals surface area contributed by atoms with Gasteiger partial charge in [-0.2, -0.15) is 0 Å². The van der Waals surface area contributed by atoms with Gasteiger partial charge in [0.25, 0.3) is 11.7 Å². The molecule has 2 heterocycles. The molecule has 6 heteroatoms. The Morgan fingerprint density at radius 1 is 1.08 bits per heavy atom. The number of nitrogens with one attached hydrogen (secondary N) is 2. The number of halogens is 1. The second-order valence-corrected chi connectivity index (χ2v) is 6.03. The van der Waals surface area contributed by atoms with E-state index in [1.807, 2.05) is 24.3 Å². The molecule has 2 aromatic carbocycles. The lowest BCUT2D eigenvalue weighted by atomic mass is 10.1. The number of amides is 1. The lowest BCUT2D eigenvalue weighted by molar-refractivity contribution is -0.112. The van der Waals surface area contributed by atoms with Crippen LogP contribution in [0.5, 0.6) is 0 Å². The van der Waals surface area contributed by atoms with Crippen LogP contribution in [0.4, 0.5) is 5.69 Å². The zero-order valence-electron chi connectivity index (χ0n) is 12.9. The van der Waals surface area contributed by atoms with Crippen LogP contribution in [0.3, 0.4) is 0 Å². The zero-order valence-corrected chi connectivity index (χ0v) is 13.7. The van der Waals surface area contributed by atoms with Crippen molar-refractivity contribution in [2.24, 2.45) is 0 Å². The van der Waals surface area contributed by atoms with Crippen molar-refractivity contribution >= 4 is 50.8 Å². The molecule has 2 N–H and O–H groups in total. The standard InChI is InChI=1S/C19H12ClN3O2/c20-12-5-6-14-15(10-22-17(14)8-12)18(24)19(25)23-13-7-11-3-1-2-4-16(11)21-9-13/h1-10,22H,(H,23,25). The Morgan fingerprint density at radius 2 is 1.92 bits per heavy atom. The highest BCUT2D eigenvalue weighted by Crippen LogP contribution is 2.23. The molecule has 0 saturated carbocycles. The number of anilines is 1. The van der Waals surface area contributed by atoms with E-state index in [1.165, 1.54) is 12.4 Å². The Hall–Kier alpha value is -3.18. The van der Waals surface area contributed by atoms with Gasteiger partial charge in [-0.1, -0.05) is 35.9 Å². The van der Waals surface area contributed by atoms with Crippen LogP contribution in [-0.4, -0.2) is 21.7 Å². The van der Waals surface area contributed by atoms with Gasteiger partial charge in [0, 0.05) is 27.5 Å². The van der Waals surface area contributed by atoms with Crippen LogP contribution in [-0.2, 0) is 4.79 Å². The second-order valence-electron chi connectivity index (χ2n) is 5.59. The molecule has 0 aliphatic rings. The van der Waals surface area contributed by atoms with E-state index in [-0.39, 0.29) is 0 Å². The van der Waals surface area contributed by atoms with Gasteiger partial charge in [-0.15, -0.1) is 0 Å². The van der Waals surface area contributed by atoms with Crippen LogP contribution in [0, 0.1) is 0 Å². The summed E-state index contributed by atoms with van der Waals surface area (Å²) in [6, 6.07) is 14.4. The number of aromatic amines is 1. The highest BCUT2D eigenvalue weighted by Gasteiger charge is 2.20. The van der Waals surface area contributed by atoms with Crippen molar-refractivity contribution in [3.05, 3.63) is 71.5 Å². The highest BCUT2D eigenvalue weighted by atomic mass is 35.5. The number of benzene rings is 2. The molecule has 0 aliphatic carbocycles. The second kappa shape index (κ2) is 6.03. The van der Waals surface area contributed by atoms with Crippen molar-refractivity contribution in [2.45, 2.75) is 0 Å². The zero-order chi connectivity index (χ0) is 17.4. The van der Waals surface area contributed by atoms with Gasteiger partial charge in [-0.25, -0.2) is 0 Å². The first kappa shape index (κ1) is 15.4. The van der Waals surface area contributed by atoms with Crippen molar-refractivity contribution in [3.63, 3.8) is 0 Å². The molecule has 0 aliphatic heterocycles. The number of fused-ring (bicyclic) bond motifs is 2. The first-order chi connectivity index (χ1) is 12.1. The number of H-pyrrole nitrogens is 1. The Balaban J connectivity index is 1.61. The number of nitrogens with zero attached hydrogens (tertiary/aromatic N) is 1. The van der Waals surface area contributed by atoms with E-state index in [0.717, 1.165) is 10.9 Å². The van der Waals surface area contributed by atoms with Crippen LogP contribution in [0.1, 0.15) is 10.4 Å². The molecule has 0 bridgehead atoms. The Bertz CT molecular complexity index is 1130. The van der Waals surface area contributed by atoms with Gasteiger partial charge in [0.05, 0.1) is 23.0 Å². The quantitative estimate of drug-likeness (QED) is 0.430. The van der Waals surface area contributed by atoms with E-state index in [1.54, 1.807) is 24.3 Å². The summed E-state index contributed by atoms with van der Waals surface area (Å²) in [5.41, 5.74) is 2.30. The number of para-hydroxylation sites is 1. The maximum absolute atomic E-state index is 12.5. The molecule has 0 unspecified atom stereocenters. The summed E-state index contributed by atoms with van der Waals surface area (Å²) in [5.74, 6) is -1.34. The van der Waals surface area contributed by atoms with E-state index >= 15 is 0 Å². The molecular formula is C19H12ClN3O2. The van der Waals surface area contributed by atoms with Gasteiger partial charge < -0.3 is 10.3 Å². The minimum atomic E-state index is -0.715.